The number of aryl methyl sites for hydroxylation is 1. The maximum Gasteiger partial charge on any atom is 0.318 e. The zero-order chi connectivity index (χ0) is 9.26. The first-order valence-corrected chi connectivity index (χ1v) is 4.45. The van der Waals surface area contributed by atoms with Gasteiger partial charge in [0.25, 0.3) is 0 Å². The predicted octanol–water partition coefficient (Wildman–Crippen LogP) is 1.32. The van der Waals surface area contributed by atoms with Gasteiger partial charge in [0.15, 0.2) is 0 Å². The Morgan fingerprint density at radius 3 is 2.62 bits per heavy atom. The number of piperidine rings is 1. The van der Waals surface area contributed by atoms with Gasteiger partial charge in [-0.05, 0) is 12.8 Å². The van der Waals surface area contributed by atoms with E-state index in [0.717, 1.165) is 0 Å². The molecule has 2 heterocycles. The lowest BCUT2D eigenvalue weighted by Crippen LogP contribution is -2.34. The molecule has 0 N–H and O–H groups in total. The molecule has 1 aliphatic heterocycles. The van der Waals surface area contributed by atoms with Crippen LogP contribution in [0.25, 0.3) is 0 Å². The van der Waals surface area contributed by atoms with Crippen molar-refractivity contribution in [2.24, 2.45) is 0 Å². The van der Waals surface area contributed by atoms with Crippen LogP contribution >= 0.6 is 0 Å². The predicted molar refractivity (Wildman–Crippen MR) is 45.4 cm³/mol. The molecule has 1 saturated heterocycles. The lowest BCUT2D eigenvalue weighted by Gasteiger charge is -2.26. The fraction of sp³-hybridized carbons (Fsp3) is 0.750. The quantitative estimate of drug-likeness (QED) is 0.661. The second kappa shape index (κ2) is 3.32. The number of halogens is 1. The summed E-state index contributed by atoms with van der Waals surface area (Å²) in [6.07, 6.45) is 0.448. The molecule has 0 bridgehead atoms. The molecule has 0 unspecified atom stereocenters. The molecule has 4 nitrogen and oxygen atoms in total. The Morgan fingerprint density at radius 2 is 2.08 bits per heavy atom. The largest absolute Gasteiger partial charge is 0.408 e. The summed E-state index contributed by atoms with van der Waals surface area (Å²) < 4.78 is 18.0. The lowest BCUT2D eigenvalue weighted by atomic mass is 10.1. The molecule has 2 rings (SSSR count). The maximum atomic E-state index is 12.8. The zero-order valence-corrected chi connectivity index (χ0v) is 7.53. The van der Waals surface area contributed by atoms with Crippen molar-refractivity contribution in [3.63, 3.8) is 0 Å². The van der Waals surface area contributed by atoms with E-state index in [0.29, 0.717) is 37.8 Å². The molecule has 1 aromatic rings. The Morgan fingerprint density at radius 1 is 1.38 bits per heavy atom. The second-order valence-electron chi connectivity index (χ2n) is 3.27. The van der Waals surface area contributed by atoms with Gasteiger partial charge in [0.1, 0.15) is 6.17 Å². The summed E-state index contributed by atoms with van der Waals surface area (Å²) in [5.41, 5.74) is 0. The van der Waals surface area contributed by atoms with Gasteiger partial charge in [-0.1, -0.05) is 5.10 Å². The standard InChI is InChI=1S/C8H12FN3O/c1-6-10-11-8(13-6)12-4-2-7(9)3-5-12/h7H,2-5H2,1H3. The highest BCUT2D eigenvalue weighted by Gasteiger charge is 2.21. The van der Waals surface area contributed by atoms with Crippen LogP contribution in [0.15, 0.2) is 4.42 Å². The number of nitrogens with zero attached hydrogens (tertiary/aromatic N) is 3. The average molecular weight is 185 g/mol. The highest BCUT2D eigenvalue weighted by atomic mass is 19.1. The third-order valence-electron chi connectivity index (χ3n) is 2.21. The molecule has 0 aromatic carbocycles. The number of hydrogen-bond acceptors (Lipinski definition) is 4. The van der Waals surface area contributed by atoms with Crippen LogP contribution in [0.5, 0.6) is 0 Å². The second-order valence-corrected chi connectivity index (χ2v) is 3.27. The minimum Gasteiger partial charge on any atom is -0.408 e. The molecular formula is C8H12FN3O. The minimum atomic E-state index is -0.666. The van der Waals surface area contributed by atoms with Crippen LogP contribution in [-0.4, -0.2) is 29.5 Å². The van der Waals surface area contributed by atoms with Gasteiger partial charge in [0, 0.05) is 20.0 Å². The van der Waals surface area contributed by atoms with E-state index in [9.17, 15) is 4.39 Å². The van der Waals surface area contributed by atoms with E-state index in [1.807, 2.05) is 4.90 Å². The zero-order valence-electron chi connectivity index (χ0n) is 7.53. The molecular weight excluding hydrogens is 173 g/mol. The Labute approximate surface area is 75.7 Å². The monoisotopic (exact) mass is 185 g/mol. The summed E-state index contributed by atoms with van der Waals surface area (Å²) in [4.78, 5) is 1.93. The van der Waals surface area contributed by atoms with Crippen LogP contribution in [0.1, 0.15) is 18.7 Å². The third kappa shape index (κ3) is 1.79. The summed E-state index contributed by atoms with van der Waals surface area (Å²) in [5, 5.41) is 7.61. The van der Waals surface area contributed by atoms with Gasteiger partial charge in [-0.3, -0.25) is 0 Å². The first-order chi connectivity index (χ1) is 6.25. The third-order valence-corrected chi connectivity index (χ3v) is 2.21. The van der Waals surface area contributed by atoms with E-state index in [1.54, 1.807) is 6.92 Å². The van der Waals surface area contributed by atoms with Gasteiger partial charge in [-0.15, -0.1) is 5.10 Å². The van der Waals surface area contributed by atoms with Crippen LogP contribution < -0.4 is 4.90 Å². The Bertz CT molecular complexity index is 281. The van der Waals surface area contributed by atoms with E-state index < -0.39 is 6.17 Å². The van der Waals surface area contributed by atoms with E-state index in [4.69, 9.17) is 4.42 Å². The molecule has 0 saturated carbocycles. The number of anilines is 1. The van der Waals surface area contributed by atoms with Crippen molar-refractivity contribution >= 4 is 6.01 Å². The molecule has 1 fully saturated rings. The van der Waals surface area contributed by atoms with Crippen molar-refractivity contribution in [2.45, 2.75) is 25.9 Å². The Hall–Kier alpha value is -1.13. The first-order valence-electron chi connectivity index (χ1n) is 4.45. The van der Waals surface area contributed by atoms with Crippen molar-refractivity contribution in [3.05, 3.63) is 5.89 Å². The normalized spacial score (nSPS) is 19.4. The summed E-state index contributed by atoms with van der Waals surface area (Å²) in [7, 11) is 0. The van der Waals surface area contributed by atoms with Crippen molar-refractivity contribution in [2.75, 3.05) is 18.0 Å². The van der Waals surface area contributed by atoms with Crippen molar-refractivity contribution in [1.29, 1.82) is 0 Å². The molecule has 0 amide bonds. The van der Waals surface area contributed by atoms with E-state index >= 15 is 0 Å². The molecule has 0 atom stereocenters. The van der Waals surface area contributed by atoms with E-state index in [1.165, 1.54) is 0 Å². The van der Waals surface area contributed by atoms with Crippen LogP contribution in [0, 0.1) is 6.92 Å². The molecule has 0 spiro atoms. The molecule has 1 aliphatic rings. The van der Waals surface area contributed by atoms with Crippen LogP contribution in [0.3, 0.4) is 0 Å². The van der Waals surface area contributed by atoms with Crippen molar-refractivity contribution in [1.82, 2.24) is 10.2 Å². The average Bonchev–Trinajstić information content (AvgIpc) is 2.53. The highest BCUT2D eigenvalue weighted by Crippen LogP contribution is 2.19. The summed E-state index contributed by atoms with van der Waals surface area (Å²) in [6.45, 7) is 3.09. The van der Waals surface area contributed by atoms with Crippen molar-refractivity contribution < 1.29 is 8.81 Å². The highest BCUT2D eigenvalue weighted by molar-refractivity contribution is 5.24. The topological polar surface area (TPSA) is 42.2 Å². The summed E-state index contributed by atoms with van der Waals surface area (Å²) >= 11 is 0. The number of rotatable bonds is 1. The minimum absolute atomic E-state index is 0.518. The Balaban J connectivity index is 2.02. The smallest absolute Gasteiger partial charge is 0.318 e. The van der Waals surface area contributed by atoms with Crippen LogP contribution in [0.4, 0.5) is 10.4 Å². The maximum absolute atomic E-state index is 12.8. The molecule has 72 valence electrons. The van der Waals surface area contributed by atoms with Crippen molar-refractivity contribution in [3.8, 4) is 0 Å². The molecule has 5 heteroatoms. The SMILES string of the molecule is Cc1nnc(N2CCC(F)CC2)o1. The van der Waals surface area contributed by atoms with E-state index in [-0.39, 0.29) is 0 Å². The molecule has 1 aromatic heterocycles. The Kier molecular flexibility index (Phi) is 2.16. The van der Waals surface area contributed by atoms with Crippen LogP contribution in [0.2, 0.25) is 0 Å². The van der Waals surface area contributed by atoms with Gasteiger partial charge >= 0.3 is 6.01 Å². The number of hydrogen-bond donors (Lipinski definition) is 0. The molecule has 0 radical (unpaired) electrons. The first kappa shape index (κ1) is 8.47. The van der Waals surface area contributed by atoms with Gasteiger partial charge in [-0.25, -0.2) is 4.39 Å². The van der Waals surface area contributed by atoms with E-state index in [2.05, 4.69) is 10.2 Å². The summed E-state index contributed by atoms with van der Waals surface area (Å²) in [6, 6.07) is 0.518. The number of aromatic nitrogens is 2. The van der Waals surface area contributed by atoms with Gasteiger partial charge in [0.05, 0.1) is 0 Å². The van der Waals surface area contributed by atoms with Gasteiger partial charge in [0.2, 0.25) is 5.89 Å². The molecule has 0 aliphatic carbocycles. The fourth-order valence-electron chi connectivity index (χ4n) is 1.45. The van der Waals surface area contributed by atoms with Crippen LogP contribution in [-0.2, 0) is 0 Å². The number of alkyl halides is 1. The fourth-order valence-corrected chi connectivity index (χ4v) is 1.45. The molecule has 13 heavy (non-hydrogen) atoms. The lowest BCUT2D eigenvalue weighted by molar-refractivity contribution is 0.272. The summed E-state index contributed by atoms with van der Waals surface area (Å²) in [5.74, 6) is 0.553. The van der Waals surface area contributed by atoms with Gasteiger partial charge < -0.3 is 9.32 Å². The van der Waals surface area contributed by atoms with Gasteiger partial charge in [-0.2, -0.15) is 0 Å².